The van der Waals surface area contributed by atoms with E-state index >= 15 is 0 Å². The van der Waals surface area contributed by atoms with Crippen molar-refractivity contribution in [1.82, 2.24) is 0 Å². The molecule has 0 spiro atoms. The largest absolute Gasteiger partial charge is 0.419 e. The quantitative estimate of drug-likeness (QED) is 0.788. The SMILES string of the molecule is Cc1cc(S(N)(=O)=O)cc(NC(=O)c2ccc(F)c(C(F)(F)F)c2)c1C. The highest BCUT2D eigenvalue weighted by Gasteiger charge is 2.34. The van der Waals surface area contributed by atoms with Crippen LogP contribution >= 0.6 is 0 Å². The number of primary sulfonamides is 1. The highest BCUT2D eigenvalue weighted by molar-refractivity contribution is 7.89. The van der Waals surface area contributed by atoms with E-state index < -0.39 is 39.1 Å². The average molecular weight is 390 g/mol. The van der Waals surface area contributed by atoms with Gasteiger partial charge in [-0.15, -0.1) is 0 Å². The summed E-state index contributed by atoms with van der Waals surface area (Å²) in [7, 11) is -4.05. The van der Waals surface area contributed by atoms with E-state index in [1.54, 1.807) is 13.8 Å². The summed E-state index contributed by atoms with van der Waals surface area (Å²) in [5, 5.41) is 7.39. The van der Waals surface area contributed by atoms with Crippen molar-refractivity contribution >= 4 is 21.6 Å². The lowest BCUT2D eigenvalue weighted by Gasteiger charge is -2.14. The average Bonchev–Trinajstić information content (AvgIpc) is 2.49. The summed E-state index contributed by atoms with van der Waals surface area (Å²) < 4.78 is 74.6. The fraction of sp³-hybridized carbons (Fsp3) is 0.188. The standard InChI is InChI=1S/C16H14F4N2O3S/c1-8-5-11(26(21,24)25)7-14(9(8)2)22-15(23)10-3-4-13(17)12(6-10)16(18,19)20/h3-7H,1-2H3,(H,22,23)(H2,21,24,25). The van der Waals surface area contributed by atoms with E-state index in [0.717, 1.165) is 12.1 Å². The van der Waals surface area contributed by atoms with E-state index in [1.165, 1.54) is 6.07 Å². The Kier molecular flexibility index (Phi) is 5.11. The number of alkyl halides is 3. The van der Waals surface area contributed by atoms with Crippen LogP contribution < -0.4 is 10.5 Å². The summed E-state index contributed by atoms with van der Waals surface area (Å²) in [6.45, 7) is 3.17. The molecule has 2 aromatic rings. The number of benzene rings is 2. The van der Waals surface area contributed by atoms with Crippen LogP contribution in [0.1, 0.15) is 27.0 Å². The zero-order valence-corrected chi connectivity index (χ0v) is 14.4. The van der Waals surface area contributed by atoms with Crippen LogP contribution in [-0.2, 0) is 16.2 Å². The number of halogens is 4. The van der Waals surface area contributed by atoms with Crippen LogP contribution in [0.5, 0.6) is 0 Å². The second-order valence-electron chi connectivity index (χ2n) is 5.60. The summed E-state index contributed by atoms with van der Waals surface area (Å²) in [5.74, 6) is -2.46. The molecule has 5 nitrogen and oxygen atoms in total. The van der Waals surface area contributed by atoms with Gasteiger partial charge in [-0.05, 0) is 55.3 Å². The first kappa shape index (κ1) is 19.9. The van der Waals surface area contributed by atoms with Crippen LogP contribution in [0, 0.1) is 19.7 Å². The molecule has 26 heavy (non-hydrogen) atoms. The molecule has 0 fully saturated rings. The Bertz CT molecular complexity index is 986. The van der Waals surface area contributed by atoms with Gasteiger partial charge >= 0.3 is 6.18 Å². The molecule has 0 heterocycles. The first-order valence-electron chi connectivity index (χ1n) is 7.13. The Morgan fingerprint density at radius 1 is 1.12 bits per heavy atom. The molecule has 2 rings (SSSR count). The van der Waals surface area contributed by atoms with E-state index in [1.807, 2.05) is 0 Å². The van der Waals surface area contributed by atoms with Crippen LogP contribution in [-0.4, -0.2) is 14.3 Å². The predicted molar refractivity (Wildman–Crippen MR) is 86.6 cm³/mol. The van der Waals surface area contributed by atoms with E-state index in [0.29, 0.717) is 23.3 Å². The molecule has 10 heteroatoms. The number of nitrogens with two attached hydrogens (primary N) is 1. The molecule has 2 aromatic carbocycles. The third-order valence-electron chi connectivity index (χ3n) is 3.75. The van der Waals surface area contributed by atoms with Gasteiger partial charge in [-0.25, -0.2) is 17.9 Å². The lowest BCUT2D eigenvalue weighted by atomic mass is 10.1. The number of amides is 1. The summed E-state index contributed by atoms with van der Waals surface area (Å²) in [6, 6.07) is 4.22. The zero-order chi connectivity index (χ0) is 19.9. The number of aryl methyl sites for hydroxylation is 1. The third-order valence-corrected chi connectivity index (χ3v) is 4.64. The molecule has 0 unspecified atom stereocenters. The van der Waals surface area contributed by atoms with Crippen molar-refractivity contribution < 1.29 is 30.8 Å². The van der Waals surface area contributed by atoms with Crippen LogP contribution in [0.2, 0.25) is 0 Å². The molecule has 0 atom stereocenters. The van der Waals surface area contributed by atoms with Crippen molar-refractivity contribution in [2.45, 2.75) is 24.9 Å². The molecule has 0 aliphatic heterocycles. The number of rotatable bonds is 3. The molecule has 0 radical (unpaired) electrons. The van der Waals surface area contributed by atoms with Crippen molar-refractivity contribution in [3.63, 3.8) is 0 Å². The number of anilines is 1. The second-order valence-corrected chi connectivity index (χ2v) is 7.17. The minimum absolute atomic E-state index is 0.0666. The van der Waals surface area contributed by atoms with Gasteiger partial charge in [0.2, 0.25) is 10.0 Å². The molecular weight excluding hydrogens is 376 g/mol. The minimum Gasteiger partial charge on any atom is -0.322 e. The summed E-state index contributed by atoms with van der Waals surface area (Å²) in [5.41, 5.74) is -0.934. The number of hydrogen-bond acceptors (Lipinski definition) is 3. The maximum atomic E-state index is 13.3. The van der Waals surface area contributed by atoms with Gasteiger partial charge in [0, 0.05) is 11.3 Å². The molecule has 0 saturated heterocycles. The van der Waals surface area contributed by atoms with Crippen LogP contribution in [0.4, 0.5) is 23.2 Å². The molecule has 0 aromatic heterocycles. The summed E-state index contributed by atoms with van der Waals surface area (Å²) in [4.78, 5) is 12.0. The van der Waals surface area contributed by atoms with E-state index in [4.69, 9.17) is 5.14 Å². The highest BCUT2D eigenvalue weighted by atomic mass is 32.2. The lowest BCUT2D eigenvalue weighted by Crippen LogP contribution is -2.17. The number of carbonyl (C=O) groups is 1. The van der Waals surface area contributed by atoms with Gasteiger partial charge in [-0.2, -0.15) is 13.2 Å². The Balaban J connectivity index is 2.44. The Labute approximate surface area is 146 Å². The molecular formula is C16H14F4N2O3S. The van der Waals surface area contributed by atoms with Crippen LogP contribution in [0.3, 0.4) is 0 Å². The Morgan fingerprint density at radius 3 is 2.27 bits per heavy atom. The minimum atomic E-state index is -4.96. The summed E-state index contributed by atoms with van der Waals surface area (Å²) >= 11 is 0. The predicted octanol–water partition coefficient (Wildman–Crippen LogP) is 3.36. The Morgan fingerprint density at radius 2 is 1.73 bits per heavy atom. The van der Waals surface area contributed by atoms with Gasteiger partial charge in [-0.1, -0.05) is 0 Å². The van der Waals surface area contributed by atoms with Crippen LogP contribution in [0.15, 0.2) is 35.2 Å². The smallest absolute Gasteiger partial charge is 0.322 e. The van der Waals surface area contributed by atoms with Gasteiger partial charge in [0.05, 0.1) is 10.5 Å². The fourth-order valence-electron chi connectivity index (χ4n) is 2.20. The second kappa shape index (κ2) is 6.69. The van der Waals surface area contributed by atoms with E-state index in [9.17, 15) is 30.8 Å². The fourth-order valence-corrected chi connectivity index (χ4v) is 2.82. The normalized spacial score (nSPS) is 12.1. The first-order valence-corrected chi connectivity index (χ1v) is 8.67. The maximum Gasteiger partial charge on any atom is 0.419 e. The lowest BCUT2D eigenvalue weighted by molar-refractivity contribution is -0.140. The molecule has 1 amide bonds. The molecule has 0 aliphatic carbocycles. The van der Waals surface area contributed by atoms with Crippen molar-refractivity contribution in [2.75, 3.05) is 5.32 Å². The number of nitrogens with one attached hydrogen (secondary N) is 1. The third kappa shape index (κ3) is 4.20. The van der Waals surface area contributed by atoms with Crippen molar-refractivity contribution in [3.05, 3.63) is 58.4 Å². The van der Waals surface area contributed by atoms with Gasteiger partial charge in [0.15, 0.2) is 0 Å². The molecule has 3 N–H and O–H groups in total. The summed E-state index contributed by atoms with van der Waals surface area (Å²) in [6.07, 6.45) is -4.96. The van der Waals surface area contributed by atoms with Crippen molar-refractivity contribution in [2.24, 2.45) is 5.14 Å². The van der Waals surface area contributed by atoms with Crippen LogP contribution in [0.25, 0.3) is 0 Å². The first-order chi connectivity index (χ1) is 11.8. The zero-order valence-electron chi connectivity index (χ0n) is 13.6. The van der Waals surface area contributed by atoms with Gasteiger partial charge in [0.1, 0.15) is 5.82 Å². The number of hydrogen-bond donors (Lipinski definition) is 2. The highest BCUT2D eigenvalue weighted by Crippen LogP contribution is 2.32. The topological polar surface area (TPSA) is 89.3 Å². The van der Waals surface area contributed by atoms with Crippen molar-refractivity contribution in [3.8, 4) is 0 Å². The van der Waals surface area contributed by atoms with Gasteiger partial charge in [-0.3, -0.25) is 4.79 Å². The monoisotopic (exact) mass is 390 g/mol. The molecule has 140 valence electrons. The molecule has 0 aliphatic rings. The Hall–Kier alpha value is -2.46. The van der Waals surface area contributed by atoms with E-state index in [-0.39, 0.29) is 10.6 Å². The number of carbonyl (C=O) groups excluding carboxylic acids is 1. The van der Waals surface area contributed by atoms with E-state index in [2.05, 4.69) is 5.32 Å². The van der Waals surface area contributed by atoms with Gasteiger partial charge < -0.3 is 5.32 Å². The molecule has 0 bridgehead atoms. The maximum absolute atomic E-state index is 13.3. The number of sulfonamides is 1. The molecule has 0 saturated carbocycles. The van der Waals surface area contributed by atoms with Gasteiger partial charge in [0.25, 0.3) is 5.91 Å². The van der Waals surface area contributed by atoms with Crippen molar-refractivity contribution in [1.29, 1.82) is 0 Å².